The summed E-state index contributed by atoms with van der Waals surface area (Å²) in [5, 5.41) is 9.45. The predicted octanol–water partition coefficient (Wildman–Crippen LogP) is 0.780. The van der Waals surface area contributed by atoms with Crippen molar-refractivity contribution in [1.29, 1.82) is 0 Å². The van der Waals surface area contributed by atoms with Gasteiger partial charge in [0.15, 0.2) is 0 Å². The molecule has 2 aromatic heterocycles. The van der Waals surface area contributed by atoms with Crippen molar-refractivity contribution in [2.24, 2.45) is 0 Å². The van der Waals surface area contributed by atoms with Crippen molar-refractivity contribution in [3.63, 3.8) is 0 Å². The van der Waals surface area contributed by atoms with Crippen LogP contribution in [0.15, 0.2) is 30.6 Å². The highest BCUT2D eigenvalue weighted by Gasteiger charge is 2.24. The van der Waals surface area contributed by atoms with Crippen LogP contribution in [0.1, 0.15) is 29.8 Å². The molecule has 0 aliphatic heterocycles. The smallest absolute Gasteiger partial charge is 0.271 e. The monoisotopic (exact) mass is 275 g/mol. The predicted molar refractivity (Wildman–Crippen MR) is 74.0 cm³/mol. The van der Waals surface area contributed by atoms with E-state index in [0.29, 0.717) is 5.56 Å². The Balaban J connectivity index is 2.12. The van der Waals surface area contributed by atoms with E-state index in [1.165, 1.54) is 13.8 Å². The first-order valence-corrected chi connectivity index (χ1v) is 6.19. The van der Waals surface area contributed by atoms with E-state index in [2.05, 4.69) is 10.9 Å². The molecule has 0 aromatic carbocycles. The van der Waals surface area contributed by atoms with Crippen LogP contribution in [0.25, 0.3) is 5.52 Å². The first-order valence-electron chi connectivity index (χ1n) is 6.19. The Labute approximate surface area is 116 Å². The van der Waals surface area contributed by atoms with Gasteiger partial charge in [-0.15, -0.1) is 0 Å². The largest absolute Gasteiger partial charge is 0.381 e. The van der Waals surface area contributed by atoms with Gasteiger partial charge in [0.05, 0.1) is 5.56 Å². The number of rotatable bonds is 2. The first-order chi connectivity index (χ1) is 9.29. The van der Waals surface area contributed by atoms with Crippen LogP contribution in [0, 0.1) is 6.92 Å². The van der Waals surface area contributed by atoms with Gasteiger partial charge in [0.2, 0.25) is 0 Å². The molecule has 0 bridgehead atoms. The van der Waals surface area contributed by atoms with Crippen LogP contribution in [0.3, 0.4) is 0 Å². The van der Waals surface area contributed by atoms with Crippen molar-refractivity contribution in [3.05, 3.63) is 41.7 Å². The van der Waals surface area contributed by atoms with E-state index in [1.807, 2.05) is 29.7 Å². The summed E-state index contributed by atoms with van der Waals surface area (Å²) >= 11 is 0. The standard InChI is InChI=1S/C14H17N3O3/c1-9-5-4-6-17-8-10(7-11(9)17)12(18)15-16-13(19)14(2,3)20/h4-8,20H,1-3H3,(H,15,18)(H,16,19). The molecule has 2 aromatic rings. The molecular weight excluding hydrogens is 258 g/mol. The number of hydrogen-bond donors (Lipinski definition) is 3. The zero-order valence-corrected chi connectivity index (χ0v) is 11.6. The number of carbonyl (C=O) groups excluding carboxylic acids is 2. The number of carbonyl (C=O) groups is 2. The molecule has 0 spiro atoms. The van der Waals surface area contributed by atoms with E-state index in [-0.39, 0.29) is 0 Å². The molecule has 106 valence electrons. The van der Waals surface area contributed by atoms with Crippen molar-refractivity contribution in [3.8, 4) is 0 Å². The molecule has 6 heteroatoms. The number of nitrogens with one attached hydrogen (secondary N) is 2. The van der Waals surface area contributed by atoms with E-state index in [9.17, 15) is 14.7 Å². The molecule has 0 saturated heterocycles. The summed E-state index contributed by atoms with van der Waals surface area (Å²) in [6, 6.07) is 5.58. The van der Waals surface area contributed by atoms with Gasteiger partial charge in [-0.05, 0) is 38.5 Å². The lowest BCUT2D eigenvalue weighted by Gasteiger charge is -2.16. The lowest BCUT2D eigenvalue weighted by Crippen LogP contribution is -2.50. The molecule has 2 heterocycles. The summed E-state index contributed by atoms with van der Waals surface area (Å²) in [7, 11) is 0. The Morgan fingerprint density at radius 3 is 2.60 bits per heavy atom. The second kappa shape index (κ2) is 4.97. The number of hydrazine groups is 1. The summed E-state index contributed by atoms with van der Waals surface area (Å²) in [5.74, 6) is -1.11. The number of aromatic nitrogens is 1. The van der Waals surface area contributed by atoms with Crippen molar-refractivity contribution >= 4 is 17.3 Å². The van der Waals surface area contributed by atoms with Gasteiger partial charge in [-0.1, -0.05) is 6.07 Å². The molecule has 0 radical (unpaired) electrons. The summed E-state index contributed by atoms with van der Waals surface area (Å²) < 4.78 is 1.84. The lowest BCUT2D eigenvalue weighted by atomic mass is 10.1. The molecule has 0 unspecified atom stereocenters. The molecule has 2 rings (SSSR count). The van der Waals surface area contributed by atoms with Crippen LogP contribution in [0.4, 0.5) is 0 Å². The Morgan fingerprint density at radius 2 is 2.00 bits per heavy atom. The summed E-state index contributed by atoms with van der Waals surface area (Å²) in [6.07, 6.45) is 3.52. The second-order valence-electron chi connectivity index (χ2n) is 5.18. The lowest BCUT2D eigenvalue weighted by molar-refractivity contribution is -0.137. The van der Waals surface area contributed by atoms with Gasteiger partial charge in [0, 0.05) is 17.9 Å². The average Bonchev–Trinajstić information content (AvgIpc) is 2.79. The average molecular weight is 275 g/mol. The number of aryl methyl sites for hydroxylation is 1. The van der Waals surface area contributed by atoms with Gasteiger partial charge in [0.1, 0.15) is 5.60 Å². The van der Waals surface area contributed by atoms with Crippen LogP contribution in [-0.2, 0) is 4.79 Å². The number of aliphatic hydroxyl groups is 1. The second-order valence-corrected chi connectivity index (χ2v) is 5.18. The molecule has 0 aliphatic rings. The van der Waals surface area contributed by atoms with Crippen molar-refractivity contribution < 1.29 is 14.7 Å². The normalized spacial score (nSPS) is 11.4. The molecule has 0 saturated carbocycles. The molecule has 6 nitrogen and oxygen atoms in total. The summed E-state index contributed by atoms with van der Waals surface area (Å²) in [4.78, 5) is 23.4. The van der Waals surface area contributed by atoms with Gasteiger partial charge in [-0.25, -0.2) is 0 Å². The molecule has 0 atom stereocenters. The highest BCUT2D eigenvalue weighted by atomic mass is 16.3. The van der Waals surface area contributed by atoms with Crippen LogP contribution in [0.5, 0.6) is 0 Å². The number of fused-ring (bicyclic) bond motifs is 1. The highest BCUT2D eigenvalue weighted by Crippen LogP contribution is 2.14. The maximum absolute atomic E-state index is 11.9. The van der Waals surface area contributed by atoms with E-state index in [0.717, 1.165) is 11.1 Å². The molecule has 0 fully saturated rings. The molecule has 0 aliphatic carbocycles. The third-order valence-electron chi connectivity index (χ3n) is 2.95. The summed E-state index contributed by atoms with van der Waals surface area (Å²) in [6.45, 7) is 4.63. The van der Waals surface area contributed by atoms with E-state index in [4.69, 9.17) is 0 Å². The first kappa shape index (κ1) is 14.1. The molecule has 3 N–H and O–H groups in total. The quantitative estimate of drug-likeness (QED) is 0.708. The fourth-order valence-electron chi connectivity index (χ4n) is 1.75. The zero-order valence-electron chi connectivity index (χ0n) is 11.6. The van der Waals surface area contributed by atoms with Gasteiger partial charge >= 0.3 is 0 Å². The molecule has 20 heavy (non-hydrogen) atoms. The Morgan fingerprint density at radius 1 is 1.30 bits per heavy atom. The van der Waals surface area contributed by atoms with Crippen LogP contribution < -0.4 is 10.9 Å². The minimum absolute atomic E-state index is 0.426. The van der Waals surface area contributed by atoms with Gasteiger partial charge in [-0.2, -0.15) is 0 Å². The fraction of sp³-hybridized carbons (Fsp3) is 0.286. The van der Waals surface area contributed by atoms with Gasteiger partial charge < -0.3 is 9.51 Å². The van der Waals surface area contributed by atoms with E-state index >= 15 is 0 Å². The van der Waals surface area contributed by atoms with Crippen molar-refractivity contribution in [2.75, 3.05) is 0 Å². The third kappa shape index (κ3) is 2.80. The minimum atomic E-state index is -1.55. The number of pyridine rings is 1. The topological polar surface area (TPSA) is 82.8 Å². The van der Waals surface area contributed by atoms with E-state index in [1.54, 1.807) is 12.3 Å². The Kier molecular flexibility index (Phi) is 3.50. The van der Waals surface area contributed by atoms with E-state index < -0.39 is 17.4 Å². The molecule has 2 amide bonds. The number of amides is 2. The number of hydrogen-bond acceptors (Lipinski definition) is 3. The SMILES string of the molecule is Cc1cccn2cc(C(=O)NNC(=O)C(C)(C)O)cc12. The summed E-state index contributed by atoms with van der Waals surface area (Å²) in [5.41, 5.74) is 5.31. The third-order valence-corrected chi connectivity index (χ3v) is 2.95. The maximum Gasteiger partial charge on any atom is 0.271 e. The van der Waals surface area contributed by atoms with Gasteiger partial charge in [0.25, 0.3) is 11.8 Å². The van der Waals surface area contributed by atoms with Crippen molar-refractivity contribution in [1.82, 2.24) is 15.3 Å². The maximum atomic E-state index is 11.9. The zero-order chi connectivity index (χ0) is 14.9. The highest BCUT2D eigenvalue weighted by molar-refractivity contribution is 5.97. The number of nitrogens with zero attached hydrogens (tertiary/aromatic N) is 1. The van der Waals surface area contributed by atoms with Crippen LogP contribution in [-0.4, -0.2) is 26.9 Å². The fourth-order valence-corrected chi connectivity index (χ4v) is 1.75. The van der Waals surface area contributed by atoms with Crippen molar-refractivity contribution in [2.45, 2.75) is 26.4 Å². The van der Waals surface area contributed by atoms with Gasteiger partial charge in [-0.3, -0.25) is 20.4 Å². The molecular formula is C14H17N3O3. The minimum Gasteiger partial charge on any atom is -0.381 e. The van der Waals surface area contributed by atoms with Crippen LogP contribution in [0.2, 0.25) is 0 Å². The Bertz CT molecular complexity index is 668. The van der Waals surface area contributed by atoms with Crippen LogP contribution >= 0.6 is 0 Å². The Hall–Kier alpha value is -2.34.